The molecule has 170 valence electrons. The third kappa shape index (κ3) is 5.05. The first kappa shape index (κ1) is 23.6. The van der Waals surface area contributed by atoms with Gasteiger partial charge in [-0.2, -0.15) is 0 Å². The summed E-state index contributed by atoms with van der Waals surface area (Å²) >= 11 is 0. The van der Waals surface area contributed by atoms with Crippen LogP contribution in [-0.2, 0) is 6.54 Å². The molecule has 0 aliphatic carbocycles. The maximum atomic E-state index is 13.5. The molecule has 1 aromatic heterocycles. The molecule has 0 aliphatic rings. The van der Waals surface area contributed by atoms with Gasteiger partial charge in [-0.25, -0.2) is 9.37 Å². The number of fused-ring (bicyclic) bond motifs is 1. The van der Waals surface area contributed by atoms with Crippen molar-refractivity contribution in [2.75, 3.05) is 27.2 Å². The van der Waals surface area contributed by atoms with Gasteiger partial charge in [0.1, 0.15) is 11.6 Å². The molecule has 0 bridgehead atoms. The van der Waals surface area contributed by atoms with Crippen molar-refractivity contribution in [2.24, 2.45) is 0 Å². The Hall–Kier alpha value is -3.06. The summed E-state index contributed by atoms with van der Waals surface area (Å²) in [5.41, 5.74) is 0.946. The lowest BCUT2D eigenvalue weighted by Gasteiger charge is -2.33. The lowest BCUT2D eigenvalue weighted by molar-refractivity contribution is 0.0641. The molecule has 2 aromatic carbocycles. The van der Waals surface area contributed by atoms with Crippen molar-refractivity contribution in [1.82, 2.24) is 19.4 Å². The van der Waals surface area contributed by atoms with Crippen LogP contribution in [-0.4, -0.2) is 52.4 Å². The summed E-state index contributed by atoms with van der Waals surface area (Å²) in [4.78, 5) is 35.4. The van der Waals surface area contributed by atoms with Crippen LogP contribution in [0.1, 0.15) is 48.9 Å². The molecule has 7 heteroatoms. The van der Waals surface area contributed by atoms with Gasteiger partial charge in [0, 0.05) is 25.2 Å². The molecular formula is C25H31FN4O2. The van der Waals surface area contributed by atoms with Crippen molar-refractivity contribution in [3.8, 4) is 0 Å². The molecule has 0 spiro atoms. The van der Waals surface area contributed by atoms with Crippen LogP contribution >= 0.6 is 0 Å². The van der Waals surface area contributed by atoms with E-state index in [2.05, 4.69) is 0 Å². The molecule has 0 fully saturated rings. The maximum Gasteiger partial charge on any atom is 0.261 e. The fourth-order valence-corrected chi connectivity index (χ4v) is 3.89. The second-order valence-corrected chi connectivity index (χ2v) is 8.18. The maximum absolute atomic E-state index is 13.5. The topological polar surface area (TPSA) is 58.4 Å². The number of benzene rings is 2. The number of aromatic nitrogens is 2. The average Bonchev–Trinajstić information content (AvgIpc) is 2.78. The number of para-hydroxylation sites is 1. The number of hydrogen-bond acceptors (Lipinski definition) is 4. The van der Waals surface area contributed by atoms with Gasteiger partial charge in [-0.05, 0) is 63.3 Å². The molecule has 6 nitrogen and oxygen atoms in total. The minimum atomic E-state index is -0.392. The smallest absolute Gasteiger partial charge is 0.261 e. The highest BCUT2D eigenvalue weighted by atomic mass is 19.1. The Morgan fingerprint density at radius 3 is 2.38 bits per heavy atom. The zero-order chi connectivity index (χ0) is 23.3. The summed E-state index contributed by atoms with van der Waals surface area (Å²) in [6.07, 6.45) is 1.36. The van der Waals surface area contributed by atoms with Crippen molar-refractivity contribution in [1.29, 1.82) is 0 Å². The van der Waals surface area contributed by atoms with E-state index >= 15 is 0 Å². The van der Waals surface area contributed by atoms with Gasteiger partial charge in [-0.15, -0.1) is 0 Å². The third-order valence-corrected chi connectivity index (χ3v) is 5.54. The van der Waals surface area contributed by atoms with E-state index in [1.165, 1.54) is 24.3 Å². The second-order valence-electron chi connectivity index (χ2n) is 8.18. The fourth-order valence-electron chi connectivity index (χ4n) is 3.89. The highest BCUT2D eigenvalue weighted by Crippen LogP contribution is 2.26. The van der Waals surface area contributed by atoms with Crippen molar-refractivity contribution < 1.29 is 9.18 Å². The molecule has 0 N–H and O–H groups in total. The number of amides is 1. The summed E-state index contributed by atoms with van der Waals surface area (Å²) in [7, 11) is 3.89. The number of rotatable bonds is 9. The van der Waals surface area contributed by atoms with Crippen molar-refractivity contribution >= 4 is 16.8 Å². The van der Waals surface area contributed by atoms with Gasteiger partial charge in [-0.1, -0.05) is 26.0 Å². The molecule has 1 amide bonds. The minimum absolute atomic E-state index is 0.0901. The van der Waals surface area contributed by atoms with Gasteiger partial charge >= 0.3 is 0 Å². The number of carbonyl (C=O) groups excluding carboxylic acids is 1. The summed E-state index contributed by atoms with van der Waals surface area (Å²) in [6, 6.07) is 12.5. The Bertz CT molecular complexity index is 1120. The standard InChI is InChI=1S/C25H31FN4O2/c1-5-15-30-23(27-21-10-8-7-9-20(21)25(30)32)22(6-2)29(17-16-28(3)4)24(31)18-11-13-19(26)14-12-18/h7-14,22H,5-6,15-17H2,1-4H3. The zero-order valence-corrected chi connectivity index (χ0v) is 19.2. The van der Waals surface area contributed by atoms with Crippen molar-refractivity contribution in [3.63, 3.8) is 0 Å². The van der Waals surface area contributed by atoms with Crippen LogP contribution in [0.3, 0.4) is 0 Å². The Balaban J connectivity index is 2.14. The first-order valence-electron chi connectivity index (χ1n) is 11.1. The number of nitrogens with zero attached hydrogens (tertiary/aromatic N) is 4. The monoisotopic (exact) mass is 438 g/mol. The predicted octanol–water partition coefficient (Wildman–Crippen LogP) is 4.10. The van der Waals surface area contributed by atoms with Gasteiger partial charge in [-0.3, -0.25) is 14.2 Å². The highest BCUT2D eigenvalue weighted by molar-refractivity contribution is 5.94. The summed E-state index contributed by atoms with van der Waals surface area (Å²) in [5.74, 6) is -0.00200. The summed E-state index contributed by atoms with van der Waals surface area (Å²) in [6.45, 7) is 5.63. The molecule has 32 heavy (non-hydrogen) atoms. The van der Waals surface area contributed by atoms with Gasteiger partial charge in [0.05, 0.1) is 16.9 Å². The van der Waals surface area contributed by atoms with E-state index in [9.17, 15) is 14.0 Å². The van der Waals surface area contributed by atoms with E-state index in [1.807, 2.05) is 51.0 Å². The van der Waals surface area contributed by atoms with E-state index in [-0.39, 0.29) is 17.3 Å². The third-order valence-electron chi connectivity index (χ3n) is 5.54. The second kappa shape index (κ2) is 10.5. The Morgan fingerprint density at radius 2 is 1.75 bits per heavy atom. The van der Waals surface area contributed by atoms with Gasteiger partial charge in [0.25, 0.3) is 11.5 Å². The molecular weight excluding hydrogens is 407 g/mol. The fraction of sp³-hybridized carbons (Fsp3) is 0.400. The van der Waals surface area contributed by atoms with Gasteiger partial charge < -0.3 is 9.80 Å². The quantitative estimate of drug-likeness (QED) is 0.505. The van der Waals surface area contributed by atoms with E-state index in [1.54, 1.807) is 15.5 Å². The first-order chi connectivity index (χ1) is 15.4. The van der Waals surface area contributed by atoms with Crippen LogP contribution in [0.4, 0.5) is 4.39 Å². The SMILES string of the molecule is CCCn1c(C(CC)N(CCN(C)C)C(=O)c2ccc(F)cc2)nc2ccccc2c1=O. The summed E-state index contributed by atoms with van der Waals surface area (Å²) < 4.78 is 15.2. The molecule has 1 heterocycles. The minimum Gasteiger partial charge on any atom is -0.327 e. The molecule has 1 atom stereocenters. The van der Waals surface area contributed by atoms with Crippen LogP contribution in [0.15, 0.2) is 53.3 Å². The Labute approximate surface area is 188 Å². The average molecular weight is 439 g/mol. The lowest BCUT2D eigenvalue weighted by atomic mass is 10.1. The van der Waals surface area contributed by atoms with Crippen LogP contribution < -0.4 is 5.56 Å². The largest absolute Gasteiger partial charge is 0.327 e. The van der Waals surface area contributed by atoms with E-state index in [0.29, 0.717) is 48.3 Å². The summed E-state index contributed by atoms with van der Waals surface area (Å²) in [5, 5.41) is 0.573. The van der Waals surface area contributed by atoms with Crippen LogP contribution in [0.2, 0.25) is 0 Å². The predicted molar refractivity (Wildman–Crippen MR) is 125 cm³/mol. The molecule has 3 rings (SSSR count). The molecule has 0 saturated heterocycles. The lowest BCUT2D eigenvalue weighted by Crippen LogP contribution is -2.42. The number of likely N-dealkylation sites (N-methyl/N-ethyl adjacent to an activating group) is 1. The molecule has 3 aromatic rings. The van der Waals surface area contributed by atoms with Crippen LogP contribution in [0.5, 0.6) is 0 Å². The highest BCUT2D eigenvalue weighted by Gasteiger charge is 2.29. The van der Waals surface area contributed by atoms with Crippen LogP contribution in [0.25, 0.3) is 10.9 Å². The van der Waals surface area contributed by atoms with Crippen molar-refractivity contribution in [3.05, 3.63) is 76.1 Å². The van der Waals surface area contributed by atoms with Crippen LogP contribution in [0, 0.1) is 5.82 Å². The molecule has 0 aliphatic heterocycles. The number of hydrogen-bond donors (Lipinski definition) is 0. The zero-order valence-electron chi connectivity index (χ0n) is 19.2. The Kier molecular flexibility index (Phi) is 7.75. The van der Waals surface area contributed by atoms with Gasteiger partial charge in [0.2, 0.25) is 0 Å². The Morgan fingerprint density at radius 1 is 1.06 bits per heavy atom. The van der Waals surface area contributed by atoms with E-state index in [4.69, 9.17) is 4.98 Å². The number of carbonyl (C=O) groups is 1. The number of halogens is 1. The first-order valence-corrected chi connectivity index (χ1v) is 11.1. The van der Waals surface area contributed by atoms with E-state index < -0.39 is 6.04 Å². The van der Waals surface area contributed by atoms with Gasteiger partial charge in [0.15, 0.2) is 0 Å². The van der Waals surface area contributed by atoms with Crippen molar-refractivity contribution in [2.45, 2.75) is 39.3 Å². The molecule has 0 radical (unpaired) electrons. The normalized spacial score (nSPS) is 12.3. The van der Waals surface area contributed by atoms with E-state index in [0.717, 1.165) is 6.42 Å². The molecule has 1 unspecified atom stereocenters. The molecule has 0 saturated carbocycles.